The van der Waals surface area contributed by atoms with Crippen molar-refractivity contribution in [1.82, 2.24) is 4.90 Å². The minimum Gasteiger partial charge on any atom is -0.339 e. The van der Waals surface area contributed by atoms with Gasteiger partial charge in [0.1, 0.15) is 0 Å². The Morgan fingerprint density at radius 2 is 2.00 bits per heavy atom. The molecule has 0 aliphatic heterocycles. The average molecular weight is 295 g/mol. The number of nitrogens with two attached hydrogens (primary N) is 1. The van der Waals surface area contributed by atoms with Gasteiger partial charge in [-0.25, -0.2) is 0 Å². The van der Waals surface area contributed by atoms with E-state index in [0.29, 0.717) is 11.4 Å². The summed E-state index contributed by atoms with van der Waals surface area (Å²) >= 11 is 6.20. The zero-order chi connectivity index (χ0) is 14.8. The zero-order valence-electron chi connectivity index (χ0n) is 12.2. The first-order chi connectivity index (χ1) is 9.43. The van der Waals surface area contributed by atoms with Gasteiger partial charge in [0, 0.05) is 24.0 Å². The van der Waals surface area contributed by atoms with Crippen molar-refractivity contribution in [2.45, 2.75) is 50.6 Å². The molecule has 1 aliphatic rings. The lowest BCUT2D eigenvalue weighted by molar-refractivity contribution is -0.133. The number of nitrogens with zero attached hydrogens (tertiary/aromatic N) is 1. The molecule has 2 N–H and O–H groups in total. The Hall–Kier alpha value is -1.06. The van der Waals surface area contributed by atoms with Gasteiger partial charge < -0.3 is 10.6 Å². The van der Waals surface area contributed by atoms with Crippen LogP contribution in [0.4, 0.5) is 0 Å². The molecule has 0 spiro atoms. The highest BCUT2D eigenvalue weighted by Crippen LogP contribution is 2.32. The van der Waals surface area contributed by atoms with Gasteiger partial charge in [-0.1, -0.05) is 42.6 Å². The zero-order valence-corrected chi connectivity index (χ0v) is 13.0. The van der Waals surface area contributed by atoms with Crippen molar-refractivity contribution in [3.8, 4) is 0 Å². The maximum atomic E-state index is 12.4. The van der Waals surface area contributed by atoms with E-state index in [1.807, 2.05) is 38.2 Å². The summed E-state index contributed by atoms with van der Waals surface area (Å²) in [5.41, 5.74) is 6.97. The minimum atomic E-state index is -0.300. The van der Waals surface area contributed by atoms with Gasteiger partial charge in [0.25, 0.3) is 0 Å². The Labute approximate surface area is 126 Å². The van der Waals surface area contributed by atoms with Crippen LogP contribution in [-0.2, 0) is 4.79 Å². The SMILES string of the molecule is CC(c1ccccc1Cl)N(C)C(=O)CC1(N)CCCC1. The smallest absolute Gasteiger partial charge is 0.224 e. The molecule has 0 radical (unpaired) electrons. The Morgan fingerprint density at radius 3 is 2.60 bits per heavy atom. The second kappa shape index (κ2) is 6.15. The standard InChI is InChI=1S/C16H23ClN2O/c1-12(13-7-3-4-8-14(13)17)19(2)15(20)11-16(18)9-5-6-10-16/h3-4,7-8,12H,5-6,9-11,18H2,1-2H3. The Kier molecular flexibility index (Phi) is 4.71. The maximum absolute atomic E-state index is 12.4. The number of benzene rings is 1. The van der Waals surface area contributed by atoms with Crippen LogP contribution in [-0.4, -0.2) is 23.4 Å². The van der Waals surface area contributed by atoms with Crippen molar-refractivity contribution < 1.29 is 4.79 Å². The molecule has 20 heavy (non-hydrogen) atoms. The molecule has 0 aromatic heterocycles. The van der Waals surface area contributed by atoms with E-state index in [4.69, 9.17) is 17.3 Å². The molecule has 2 rings (SSSR count). The third kappa shape index (κ3) is 3.33. The molecular formula is C16H23ClN2O. The first kappa shape index (κ1) is 15.3. The number of halogens is 1. The summed E-state index contributed by atoms with van der Waals surface area (Å²) in [5, 5.41) is 0.697. The highest BCUT2D eigenvalue weighted by atomic mass is 35.5. The van der Waals surface area contributed by atoms with Crippen LogP contribution in [0.15, 0.2) is 24.3 Å². The fourth-order valence-electron chi connectivity index (χ4n) is 2.92. The van der Waals surface area contributed by atoms with Crippen molar-refractivity contribution in [3.63, 3.8) is 0 Å². The number of hydrogen-bond acceptors (Lipinski definition) is 2. The lowest BCUT2D eigenvalue weighted by atomic mass is 9.93. The van der Waals surface area contributed by atoms with E-state index in [-0.39, 0.29) is 17.5 Å². The van der Waals surface area contributed by atoms with Crippen LogP contribution >= 0.6 is 11.6 Å². The summed E-state index contributed by atoms with van der Waals surface area (Å²) in [5.74, 6) is 0.0989. The van der Waals surface area contributed by atoms with Crippen molar-refractivity contribution >= 4 is 17.5 Å². The van der Waals surface area contributed by atoms with Crippen molar-refractivity contribution in [3.05, 3.63) is 34.9 Å². The van der Waals surface area contributed by atoms with Crippen LogP contribution in [0, 0.1) is 0 Å². The molecule has 4 heteroatoms. The summed E-state index contributed by atoms with van der Waals surface area (Å²) in [7, 11) is 1.83. The minimum absolute atomic E-state index is 0.0406. The van der Waals surface area contributed by atoms with Gasteiger partial charge in [-0.05, 0) is 31.4 Å². The second-order valence-electron chi connectivity index (χ2n) is 5.95. The molecule has 0 heterocycles. The monoisotopic (exact) mass is 294 g/mol. The molecule has 1 aromatic carbocycles. The normalized spacial score (nSPS) is 18.8. The van der Waals surface area contributed by atoms with Gasteiger partial charge in [-0.15, -0.1) is 0 Å². The Bertz CT molecular complexity index is 483. The van der Waals surface area contributed by atoms with Crippen molar-refractivity contribution in [2.24, 2.45) is 5.73 Å². The third-order valence-electron chi connectivity index (χ3n) is 4.43. The highest BCUT2D eigenvalue weighted by Gasteiger charge is 2.33. The quantitative estimate of drug-likeness (QED) is 0.923. The lowest BCUT2D eigenvalue weighted by Crippen LogP contribution is -2.43. The summed E-state index contributed by atoms with van der Waals surface area (Å²) < 4.78 is 0. The molecule has 0 saturated heterocycles. The molecule has 0 bridgehead atoms. The van der Waals surface area contributed by atoms with Gasteiger partial charge in [0.15, 0.2) is 0 Å². The molecule has 1 unspecified atom stereocenters. The van der Waals surface area contributed by atoms with Crippen molar-refractivity contribution in [2.75, 3.05) is 7.05 Å². The van der Waals surface area contributed by atoms with Gasteiger partial charge in [0.2, 0.25) is 5.91 Å². The van der Waals surface area contributed by atoms with E-state index in [0.717, 1.165) is 31.2 Å². The predicted molar refractivity (Wildman–Crippen MR) is 82.6 cm³/mol. The molecular weight excluding hydrogens is 272 g/mol. The summed E-state index contributed by atoms with van der Waals surface area (Å²) in [6.07, 6.45) is 4.60. The number of hydrogen-bond donors (Lipinski definition) is 1. The largest absolute Gasteiger partial charge is 0.339 e. The number of carbonyl (C=O) groups excluding carboxylic acids is 1. The average Bonchev–Trinajstić information content (AvgIpc) is 2.84. The molecule has 110 valence electrons. The number of rotatable bonds is 4. The highest BCUT2D eigenvalue weighted by molar-refractivity contribution is 6.31. The molecule has 1 amide bonds. The van der Waals surface area contributed by atoms with Gasteiger partial charge in [0.05, 0.1) is 6.04 Å². The van der Waals surface area contributed by atoms with Gasteiger partial charge in [-0.3, -0.25) is 4.79 Å². The molecule has 3 nitrogen and oxygen atoms in total. The van der Waals surface area contributed by atoms with E-state index < -0.39 is 0 Å². The molecule has 1 aromatic rings. The molecule has 1 atom stereocenters. The fraction of sp³-hybridized carbons (Fsp3) is 0.562. The molecule has 1 aliphatic carbocycles. The van der Waals surface area contributed by atoms with Crippen LogP contribution < -0.4 is 5.73 Å². The van der Waals surface area contributed by atoms with E-state index in [9.17, 15) is 4.79 Å². The van der Waals surface area contributed by atoms with Crippen LogP contribution in [0.1, 0.15) is 50.6 Å². The topological polar surface area (TPSA) is 46.3 Å². The molecule has 1 fully saturated rings. The second-order valence-corrected chi connectivity index (χ2v) is 6.36. The van der Waals surface area contributed by atoms with Crippen LogP contribution in [0.5, 0.6) is 0 Å². The van der Waals surface area contributed by atoms with E-state index in [2.05, 4.69) is 0 Å². The fourth-order valence-corrected chi connectivity index (χ4v) is 3.21. The van der Waals surface area contributed by atoms with Crippen LogP contribution in [0.2, 0.25) is 5.02 Å². The van der Waals surface area contributed by atoms with Crippen LogP contribution in [0.3, 0.4) is 0 Å². The third-order valence-corrected chi connectivity index (χ3v) is 4.78. The number of amides is 1. The van der Waals surface area contributed by atoms with E-state index in [1.54, 1.807) is 4.90 Å². The van der Waals surface area contributed by atoms with Gasteiger partial charge >= 0.3 is 0 Å². The van der Waals surface area contributed by atoms with Crippen molar-refractivity contribution in [1.29, 1.82) is 0 Å². The summed E-state index contributed by atoms with van der Waals surface area (Å²) in [6.45, 7) is 2.00. The predicted octanol–water partition coefficient (Wildman–Crippen LogP) is 3.52. The van der Waals surface area contributed by atoms with E-state index >= 15 is 0 Å². The Morgan fingerprint density at radius 1 is 1.40 bits per heavy atom. The molecule has 1 saturated carbocycles. The Balaban J connectivity index is 2.05. The van der Waals surface area contributed by atoms with Crippen LogP contribution in [0.25, 0.3) is 0 Å². The maximum Gasteiger partial charge on any atom is 0.224 e. The number of carbonyl (C=O) groups is 1. The first-order valence-corrected chi connectivity index (χ1v) is 7.60. The summed E-state index contributed by atoms with van der Waals surface area (Å²) in [6, 6.07) is 7.62. The first-order valence-electron chi connectivity index (χ1n) is 7.22. The van der Waals surface area contributed by atoms with Gasteiger partial charge in [-0.2, -0.15) is 0 Å². The summed E-state index contributed by atoms with van der Waals surface area (Å²) in [4.78, 5) is 14.2. The lowest BCUT2D eigenvalue weighted by Gasteiger charge is -2.30. The van der Waals surface area contributed by atoms with E-state index in [1.165, 1.54) is 0 Å².